The molecule has 0 amide bonds. The van der Waals surface area contributed by atoms with Crippen LogP contribution < -0.4 is 5.62 Å². The van der Waals surface area contributed by atoms with Crippen molar-refractivity contribution in [1.82, 2.24) is 14.6 Å². The van der Waals surface area contributed by atoms with Crippen LogP contribution >= 0.6 is 0 Å². The smallest absolute Gasteiger partial charge is 0.222 e. The lowest BCUT2D eigenvalue weighted by Gasteiger charge is -2.03. The Bertz CT molecular complexity index is 946. The lowest BCUT2D eigenvalue weighted by molar-refractivity contribution is 0.931. The lowest BCUT2D eigenvalue weighted by Crippen LogP contribution is -2.08. The number of nitrogens with zero attached hydrogens (tertiary/aromatic N) is 2. The molecule has 0 aliphatic rings. The van der Waals surface area contributed by atoms with Gasteiger partial charge in [-0.15, -0.1) is 0 Å². The second-order valence-corrected chi connectivity index (χ2v) is 4.37. The molecule has 0 unspecified atom stereocenters. The summed E-state index contributed by atoms with van der Waals surface area (Å²) in [5.41, 5.74) is 1.09. The first kappa shape index (κ1) is 9.41. The van der Waals surface area contributed by atoms with Gasteiger partial charge < -0.3 is 0 Å². The summed E-state index contributed by atoms with van der Waals surface area (Å²) in [6.45, 7) is 0. The van der Waals surface area contributed by atoms with Crippen LogP contribution in [0.4, 0.5) is 0 Å². The highest BCUT2D eigenvalue weighted by Gasteiger charge is 2.04. The number of rotatable bonds is 0. The van der Waals surface area contributed by atoms with Crippen molar-refractivity contribution in [3.63, 3.8) is 0 Å². The SMILES string of the molecule is N=c1[nH]nc2c3cc4ccccc4cc3ccn12. The van der Waals surface area contributed by atoms with Gasteiger partial charge in [-0.25, -0.2) is 5.10 Å². The molecule has 0 atom stereocenters. The first-order chi connectivity index (χ1) is 8.83. The lowest BCUT2D eigenvalue weighted by atomic mass is 10.1. The zero-order valence-corrected chi connectivity index (χ0v) is 9.51. The largest absolute Gasteiger partial charge is 0.269 e. The Balaban J connectivity index is 2.30. The Hall–Kier alpha value is -2.62. The molecule has 4 rings (SSSR count). The molecule has 86 valence electrons. The molecule has 4 heteroatoms. The predicted octanol–water partition coefficient (Wildman–Crippen LogP) is 2.45. The molecular weight excluding hydrogens is 224 g/mol. The van der Waals surface area contributed by atoms with Crippen molar-refractivity contribution in [2.75, 3.05) is 0 Å². The number of pyridine rings is 1. The molecule has 2 aromatic heterocycles. The normalized spacial score (nSPS) is 11.6. The van der Waals surface area contributed by atoms with Crippen LogP contribution in [0.1, 0.15) is 0 Å². The van der Waals surface area contributed by atoms with E-state index in [1.54, 1.807) is 4.40 Å². The summed E-state index contributed by atoms with van der Waals surface area (Å²) in [5, 5.41) is 19.2. The van der Waals surface area contributed by atoms with Gasteiger partial charge in [0.15, 0.2) is 5.65 Å². The van der Waals surface area contributed by atoms with Crippen LogP contribution in [0.2, 0.25) is 0 Å². The fraction of sp³-hybridized carbons (Fsp3) is 0. The predicted molar refractivity (Wildman–Crippen MR) is 70.4 cm³/mol. The van der Waals surface area contributed by atoms with Gasteiger partial charge in [0.1, 0.15) is 0 Å². The van der Waals surface area contributed by atoms with Gasteiger partial charge in [0.25, 0.3) is 0 Å². The van der Waals surface area contributed by atoms with E-state index in [0.717, 1.165) is 16.4 Å². The molecule has 0 aliphatic carbocycles. The maximum atomic E-state index is 7.73. The van der Waals surface area contributed by atoms with Gasteiger partial charge in [0.2, 0.25) is 5.62 Å². The van der Waals surface area contributed by atoms with E-state index in [1.807, 2.05) is 24.4 Å². The summed E-state index contributed by atoms with van der Waals surface area (Å²) in [7, 11) is 0. The molecule has 0 saturated heterocycles. The zero-order chi connectivity index (χ0) is 12.1. The van der Waals surface area contributed by atoms with Crippen molar-refractivity contribution in [3.8, 4) is 0 Å². The molecule has 2 heterocycles. The summed E-state index contributed by atoms with van der Waals surface area (Å²) in [5.74, 6) is 0. The molecule has 0 bridgehead atoms. The number of aromatic nitrogens is 3. The summed E-state index contributed by atoms with van der Waals surface area (Å²) in [6.07, 6.45) is 1.87. The molecule has 4 nitrogen and oxygen atoms in total. The fourth-order valence-corrected chi connectivity index (χ4v) is 2.40. The second-order valence-electron chi connectivity index (χ2n) is 4.37. The first-order valence-corrected chi connectivity index (χ1v) is 5.76. The maximum Gasteiger partial charge on any atom is 0.222 e. The summed E-state index contributed by atoms with van der Waals surface area (Å²) in [6, 6.07) is 14.6. The highest BCUT2D eigenvalue weighted by atomic mass is 15.2. The number of fused-ring (bicyclic) bond motifs is 4. The monoisotopic (exact) mass is 234 g/mol. The van der Waals surface area contributed by atoms with Gasteiger partial charge in [-0.2, -0.15) is 5.10 Å². The van der Waals surface area contributed by atoms with E-state index < -0.39 is 0 Å². The van der Waals surface area contributed by atoms with Gasteiger partial charge in [0.05, 0.1) is 0 Å². The first-order valence-electron chi connectivity index (χ1n) is 5.76. The van der Waals surface area contributed by atoms with E-state index in [4.69, 9.17) is 5.41 Å². The van der Waals surface area contributed by atoms with Gasteiger partial charge >= 0.3 is 0 Å². The second kappa shape index (κ2) is 3.20. The summed E-state index contributed by atoms with van der Waals surface area (Å²) >= 11 is 0. The molecular formula is C14H10N4. The average Bonchev–Trinajstić information content (AvgIpc) is 2.78. The standard InChI is InChI=1S/C14H10N4/c15-14-17-16-13-12-8-10-4-2-1-3-9(10)7-11(12)5-6-18(13)14/h1-8H,(H2,15,17). The van der Waals surface area contributed by atoms with Crippen LogP contribution in [0.25, 0.3) is 27.2 Å². The van der Waals surface area contributed by atoms with E-state index in [1.165, 1.54) is 10.8 Å². The number of hydrogen-bond acceptors (Lipinski definition) is 2. The molecule has 0 aliphatic heterocycles. The minimum Gasteiger partial charge on any atom is -0.269 e. The Morgan fingerprint density at radius 3 is 2.61 bits per heavy atom. The summed E-state index contributed by atoms with van der Waals surface area (Å²) < 4.78 is 1.75. The van der Waals surface area contributed by atoms with Crippen LogP contribution in [-0.2, 0) is 0 Å². The van der Waals surface area contributed by atoms with Gasteiger partial charge in [-0.05, 0) is 34.4 Å². The Labute approximate surface area is 102 Å². The van der Waals surface area contributed by atoms with Crippen LogP contribution in [0.15, 0.2) is 48.7 Å². The molecule has 0 spiro atoms. The van der Waals surface area contributed by atoms with Crippen LogP contribution in [0.5, 0.6) is 0 Å². The Kier molecular flexibility index (Phi) is 1.67. The zero-order valence-electron chi connectivity index (χ0n) is 9.51. The van der Waals surface area contributed by atoms with Crippen LogP contribution in [0.3, 0.4) is 0 Å². The molecule has 0 saturated carbocycles. The quantitative estimate of drug-likeness (QED) is 0.451. The number of nitrogens with one attached hydrogen (secondary N) is 2. The number of H-pyrrole nitrogens is 1. The van der Waals surface area contributed by atoms with E-state index in [-0.39, 0.29) is 0 Å². The van der Waals surface area contributed by atoms with Crippen molar-refractivity contribution >= 4 is 27.2 Å². The van der Waals surface area contributed by atoms with Crippen molar-refractivity contribution in [2.24, 2.45) is 0 Å². The average molecular weight is 234 g/mol. The third-order valence-electron chi connectivity index (χ3n) is 3.30. The Morgan fingerprint density at radius 1 is 1.00 bits per heavy atom. The fourth-order valence-electron chi connectivity index (χ4n) is 2.40. The molecule has 18 heavy (non-hydrogen) atoms. The van der Waals surface area contributed by atoms with Crippen molar-refractivity contribution in [2.45, 2.75) is 0 Å². The highest BCUT2D eigenvalue weighted by Crippen LogP contribution is 2.24. The minimum absolute atomic E-state index is 0.292. The maximum absolute atomic E-state index is 7.73. The van der Waals surface area contributed by atoms with Crippen LogP contribution in [-0.4, -0.2) is 14.6 Å². The minimum atomic E-state index is 0.292. The van der Waals surface area contributed by atoms with Crippen LogP contribution in [0, 0.1) is 5.41 Å². The van der Waals surface area contributed by atoms with E-state index in [9.17, 15) is 0 Å². The number of aromatic amines is 1. The third kappa shape index (κ3) is 1.14. The molecule has 2 N–H and O–H groups in total. The van der Waals surface area contributed by atoms with Gasteiger partial charge in [-0.1, -0.05) is 24.3 Å². The van der Waals surface area contributed by atoms with E-state index in [2.05, 4.69) is 34.5 Å². The Morgan fingerprint density at radius 2 is 1.78 bits per heavy atom. The van der Waals surface area contributed by atoms with E-state index >= 15 is 0 Å². The molecule has 4 aromatic rings. The third-order valence-corrected chi connectivity index (χ3v) is 3.30. The van der Waals surface area contributed by atoms with E-state index in [0.29, 0.717) is 5.62 Å². The molecule has 0 fully saturated rings. The molecule has 0 radical (unpaired) electrons. The number of hydrogen-bond donors (Lipinski definition) is 2. The topological polar surface area (TPSA) is 56.9 Å². The molecule has 2 aromatic carbocycles. The summed E-state index contributed by atoms with van der Waals surface area (Å²) in [4.78, 5) is 0. The van der Waals surface area contributed by atoms with Crippen molar-refractivity contribution in [1.29, 1.82) is 5.41 Å². The number of benzene rings is 2. The van der Waals surface area contributed by atoms with Crippen molar-refractivity contribution in [3.05, 3.63) is 54.3 Å². The van der Waals surface area contributed by atoms with Gasteiger partial charge in [-0.3, -0.25) is 9.81 Å². The highest BCUT2D eigenvalue weighted by molar-refractivity contribution is 6.03. The van der Waals surface area contributed by atoms with Gasteiger partial charge in [0, 0.05) is 11.6 Å². The van der Waals surface area contributed by atoms with Crippen molar-refractivity contribution < 1.29 is 0 Å².